The standard InChI is InChI=1S/C11H12N4O/c1-16-9-4-2-3-8(7-9)14-11-13-6-5-10(12)15-11/h2-7H,1H3,(H3,12,13,14,15). The molecule has 0 spiro atoms. The minimum Gasteiger partial charge on any atom is -0.497 e. The van der Waals surface area contributed by atoms with Gasteiger partial charge in [0.1, 0.15) is 11.6 Å². The molecule has 0 saturated carbocycles. The van der Waals surface area contributed by atoms with E-state index in [2.05, 4.69) is 15.3 Å². The number of nitrogens with zero attached hydrogens (tertiary/aromatic N) is 2. The molecular formula is C11H12N4O. The van der Waals surface area contributed by atoms with Crippen molar-refractivity contribution in [1.29, 1.82) is 0 Å². The number of anilines is 3. The summed E-state index contributed by atoms with van der Waals surface area (Å²) in [4.78, 5) is 8.09. The molecule has 2 aromatic rings. The molecule has 3 N–H and O–H groups in total. The molecule has 0 aliphatic heterocycles. The topological polar surface area (TPSA) is 73.1 Å². The SMILES string of the molecule is COc1cccc(Nc2nccc(N)n2)c1. The van der Waals surface area contributed by atoms with E-state index in [-0.39, 0.29) is 0 Å². The molecule has 0 amide bonds. The number of ether oxygens (including phenoxy) is 1. The van der Waals surface area contributed by atoms with Gasteiger partial charge in [-0.25, -0.2) is 4.98 Å². The van der Waals surface area contributed by atoms with Crippen LogP contribution in [0, 0.1) is 0 Å². The van der Waals surface area contributed by atoms with Gasteiger partial charge in [-0.15, -0.1) is 0 Å². The molecule has 0 radical (unpaired) electrons. The van der Waals surface area contributed by atoms with Crippen LogP contribution in [-0.4, -0.2) is 17.1 Å². The molecule has 0 bridgehead atoms. The zero-order chi connectivity index (χ0) is 11.4. The van der Waals surface area contributed by atoms with Crippen molar-refractivity contribution in [2.45, 2.75) is 0 Å². The number of aromatic nitrogens is 2. The van der Waals surface area contributed by atoms with Gasteiger partial charge in [0.2, 0.25) is 5.95 Å². The molecule has 0 saturated heterocycles. The maximum atomic E-state index is 5.55. The van der Waals surface area contributed by atoms with Crippen molar-refractivity contribution in [3.63, 3.8) is 0 Å². The van der Waals surface area contributed by atoms with Crippen molar-refractivity contribution in [3.05, 3.63) is 36.5 Å². The Morgan fingerprint density at radius 1 is 1.31 bits per heavy atom. The van der Waals surface area contributed by atoms with Crippen LogP contribution in [0.4, 0.5) is 17.5 Å². The summed E-state index contributed by atoms with van der Waals surface area (Å²) in [5.41, 5.74) is 6.40. The van der Waals surface area contributed by atoms with E-state index >= 15 is 0 Å². The van der Waals surface area contributed by atoms with Crippen LogP contribution in [0.2, 0.25) is 0 Å². The van der Waals surface area contributed by atoms with Crippen LogP contribution in [0.25, 0.3) is 0 Å². The Hall–Kier alpha value is -2.30. The summed E-state index contributed by atoms with van der Waals surface area (Å²) in [6.45, 7) is 0. The van der Waals surface area contributed by atoms with E-state index in [1.165, 1.54) is 0 Å². The first-order valence-corrected chi connectivity index (χ1v) is 4.77. The van der Waals surface area contributed by atoms with Gasteiger partial charge in [-0.05, 0) is 18.2 Å². The van der Waals surface area contributed by atoms with Crippen LogP contribution in [0.5, 0.6) is 5.75 Å². The first kappa shape index (κ1) is 10.2. The number of nitrogen functional groups attached to an aromatic ring is 1. The average molecular weight is 216 g/mol. The second-order valence-corrected chi connectivity index (χ2v) is 3.16. The lowest BCUT2D eigenvalue weighted by molar-refractivity contribution is 0.415. The van der Waals surface area contributed by atoms with Gasteiger partial charge in [0, 0.05) is 18.0 Å². The number of methoxy groups -OCH3 is 1. The summed E-state index contributed by atoms with van der Waals surface area (Å²) < 4.78 is 5.11. The second kappa shape index (κ2) is 4.48. The van der Waals surface area contributed by atoms with E-state index < -0.39 is 0 Å². The molecule has 1 aromatic carbocycles. The molecular weight excluding hydrogens is 204 g/mol. The minimum atomic E-state index is 0.431. The maximum Gasteiger partial charge on any atom is 0.229 e. The third-order valence-electron chi connectivity index (χ3n) is 2.00. The quantitative estimate of drug-likeness (QED) is 0.818. The number of rotatable bonds is 3. The van der Waals surface area contributed by atoms with Gasteiger partial charge in [0.25, 0.3) is 0 Å². The molecule has 0 aliphatic rings. The van der Waals surface area contributed by atoms with Gasteiger partial charge in [-0.3, -0.25) is 0 Å². The Morgan fingerprint density at radius 3 is 2.94 bits per heavy atom. The molecule has 1 heterocycles. The van der Waals surface area contributed by atoms with E-state index in [4.69, 9.17) is 10.5 Å². The molecule has 0 unspecified atom stereocenters. The van der Waals surface area contributed by atoms with Gasteiger partial charge in [-0.1, -0.05) is 6.07 Å². The highest BCUT2D eigenvalue weighted by Gasteiger charge is 1.99. The monoisotopic (exact) mass is 216 g/mol. The van der Waals surface area contributed by atoms with Crippen LogP contribution in [-0.2, 0) is 0 Å². The van der Waals surface area contributed by atoms with Crippen molar-refractivity contribution in [2.24, 2.45) is 0 Å². The van der Waals surface area contributed by atoms with Gasteiger partial charge < -0.3 is 15.8 Å². The van der Waals surface area contributed by atoms with Crippen LogP contribution in [0.15, 0.2) is 36.5 Å². The Bertz CT molecular complexity index is 487. The van der Waals surface area contributed by atoms with E-state index in [1.807, 2.05) is 24.3 Å². The minimum absolute atomic E-state index is 0.431. The number of nitrogens with two attached hydrogens (primary N) is 1. The molecule has 5 nitrogen and oxygen atoms in total. The lowest BCUT2D eigenvalue weighted by Gasteiger charge is -2.06. The fraction of sp³-hybridized carbons (Fsp3) is 0.0909. The molecule has 1 aromatic heterocycles. The summed E-state index contributed by atoms with van der Waals surface area (Å²) in [5, 5.41) is 3.04. The largest absolute Gasteiger partial charge is 0.497 e. The smallest absolute Gasteiger partial charge is 0.229 e. The number of benzene rings is 1. The van der Waals surface area contributed by atoms with Crippen molar-refractivity contribution in [2.75, 3.05) is 18.2 Å². The maximum absolute atomic E-state index is 5.55. The lowest BCUT2D eigenvalue weighted by Crippen LogP contribution is -1.99. The van der Waals surface area contributed by atoms with Crippen molar-refractivity contribution in [3.8, 4) is 5.75 Å². The third-order valence-corrected chi connectivity index (χ3v) is 2.00. The summed E-state index contributed by atoms with van der Waals surface area (Å²) in [6.07, 6.45) is 1.60. The predicted octanol–water partition coefficient (Wildman–Crippen LogP) is 1.81. The third kappa shape index (κ3) is 2.38. The first-order valence-electron chi connectivity index (χ1n) is 4.77. The van der Waals surface area contributed by atoms with Crippen LogP contribution >= 0.6 is 0 Å². The number of nitrogens with one attached hydrogen (secondary N) is 1. The predicted molar refractivity (Wildman–Crippen MR) is 62.7 cm³/mol. The highest BCUT2D eigenvalue weighted by Crippen LogP contribution is 2.19. The fourth-order valence-corrected chi connectivity index (χ4v) is 1.26. The van der Waals surface area contributed by atoms with Crippen molar-refractivity contribution < 1.29 is 4.74 Å². The van der Waals surface area contributed by atoms with E-state index in [0.29, 0.717) is 11.8 Å². The van der Waals surface area contributed by atoms with Gasteiger partial charge in [0.05, 0.1) is 7.11 Å². The summed E-state index contributed by atoms with van der Waals surface area (Å²) in [7, 11) is 1.62. The Balaban J connectivity index is 2.20. The van der Waals surface area contributed by atoms with Crippen molar-refractivity contribution in [1.82, 2.24) is 9.97 Å². The number of hydrogen-bond acceptors (Lipinski definition) is 5. The zero-order valence-corrected chi connectivity index (χ0v) is 8.84. The van der Waals surface area contributed by atoms with Crippen LogP contribution in [0.3, 0.4) is 0 Å². The van der Waals surface area contributed by atoms with Gasteiger partial charge >= 0.3 is 0 Å². The molecule has 2 rings (SSSR count). The first-order chi connectivity index (χ1) is 7.78. The number of hydrogen-bond donors (Lipinski definition) is 2. The Kier molecular flexibility index (Phi) is 2.86. The lowest BCUT2D eigenvalue weighted by atomic mass is 10.3. The van der Waals surface area contributed by atoms with E-state index in [1.54, 1.807) is 19.4 Å². The summed E-state index contributed by atoms with van der Waals surface area (Å²) in [5.74, 6) is 1.67. The molecule has 0 atom stereocenters. The molecule has 0 fully saturated rings. The zero-order valence-electron chi connectivity index (χ0n) is 8.84. The van der Waals surface area contributed by atoms with Gasteiger partial charge in [0.15, 0.2) is 0 Å². The fourth-order valence-electron chi connectivity index (χ4n) is 1.26. The molecule has 82 valence electrons. The highest BCUT2D eigenvalue weighted by molar-refractivity contribution is 5.56. The summed E-state index contributed by atoms with van der Waals surface area (Å²) >= 11 is 0. The Morgan fingerprint density at radius 2 is 2.19 bits per heavy atom. The molecule has 5 heteroatoms. The van der Waals surface area contributed by atoms with Crippen LogP contribution < -0.4 is 15.8 Å². The molecule has 16 heavy (non-hydrogen) atoms. The summed E-state index contributed by atoms with van der Waals surface area (Å²) in [6, 6.07) is 9.14. The van der Waals surface area contributed by atoms with E-state index in [0.717, 1.165) is 11.4 Å². The second-order valence-electron chi connectivity index (χ2n) is 3.16. The molecule has 0 aliphatic carbocycles. The average Bonchev–Trinajstić information content (AvgIpc) is 2.29. The van der Waals surface area contributed by atoms with Crippen LogP contribution in [0.1, 0.15) is 0 Å². The highest BCUT2D eigenvalue weighted by atomic mass is 16.5. The van der Waals surface area contributed by atoms with Crippen molar-refractivity contribution >= 4 is 17.5 Å². The Labute approximate surface area is 93.3 Å². The van der Waals surface area contributed by atoms with E-state index in [9.17, 15) is 0 Å². The van der Waals surface area contributed by atoms with Gasteiger partial charge in [-0.2, -0.15) is 4.98 Å². The normalized spacial score (nSPS) is 9.81.